The van der Waals surface area contributed by atoms with Crippen LogP contribution < -0.4 is 21.7 Å². The molecule has 50 heavy (non-hydrogen) atoms. The molecule has 3 atom stereocenters. The number of likely N-dealkylation sites (tertiary alicyclic amines) is 1. The van der Waals surface area contributed by atoms with Gasteiger partial charge in [-0.2, -0.15) is 0 Å². The van der Waals surface area contributed by atoms with Gasteiger partial charge in [0.2, 0.25) is 17.6 Å². The first-order chi connectivity index (χ1) is 23.9. The van der Waals surface area contributed by atoms with Gasteiger partial charge in [0.1, 0.15) is 24.2 Å². The number of nitrogens with one attached hydrogen (secondary N) is 3. The zero-order chi connectivity index (χ0) is 36.7. The molecule has 0 radical (unpaired) electrons. The van der Waals surface area contributed by atoms with Crippen LogP contribution in [0.1, 0.15) is 130 Å². The Labute approximate surface area is 298 Å². The van der Waals surface area contributed by atoms with Crippen LogP contribution in [0.2, 0.25) is 0 Å². The van der Waals surface area contributed by atoms with Gasteiger partial charge in [-0.3, -0.25) is 19.2 Å². The number of hydrogen-bond donors (Lipinski definition) is 4. The standard InChI is InChI=1S/C31H45N5O7.C4H8.C3H8/c1-20(25(37)26(32)38)33-27(39)23-15-10-18-36(23)28(40)24(22-13-6-3-7-14-22)34-30(42)35-31(16-8-9-17-31)29(41)43-19-21-11-4-2-5-12-21;1-4-2-3-4;1-3-2/h4,11-12,20,22-24H,2-3,5-10,13-19H2,1H3,(H2,32,38)(H,33,39)(H2,34,35,42);4H,2-3H2,1H3;3H2,1-2H3. The molecule has 3 saturated carbocycles. The SMILES string of the molecule is CC(NC(=O)C1CCCN1C(=O)C(NC(=O)NC1(C(=O)OCC2=CCCC=C2)CCCC1)C1CCCCC1)C(=O)C(N)=O.CC1CC1.CCC. The van der Waals surface area contributed by atoms with E-state index in [0.29, 0.717) is 32.2 Å². The van der Waals surface area contributed by atoms with Crippen LogP contribution in [-0.2, 0) is 28.7 Å². The van der Waals surface area contributed by atoms with Gasteiger partial charge in [0.25, 0.3) is 5.91 Å². The van der Waals surface area contributed by atoms with Gasteiger partial charge in [0.05, 0.1) is 6.04 Å². The van der Waals surface area contributed by atoms with E-state index in [9.17, 15) is 28.8 Å². The van der Waals surface area contributed by atoms with E-state index in [2.05, 4.69) is 36.7 Å². The number of hydrogen-bond acceptors (Lipinski definition) is 7. The van der Waals surface area contributed by atoms with E-state index >= 15 is 0 Å². The van der Waals surface area contributed by atoms with Gasteiger partial charge in [0, 0.05) is 6.54 Å². The van der Waals surface area contributed by atoms with Crippen molar-refractivity contribution in [3.8, 4) is 0 Å². The highest BCUT2D eigenvalue weighted by Crippen LogP contribution is 2.33. The van der Waals surface area contributed by atoms with Gasteiger partial charge in [-0.25, -0.2) is 9.59 Å². The Hall–Kier alpha value is -3.70. The molecule has 5 rings (SSSR count). The third-order valence-electron chi connectivity index (χ3n) is 10.0. The number of urea groups is 1. The number of rotatable bonds is 11. The van der Waals surface area contributed by atoms with Crippen LogP contribution in [0.25, 0.3) is 0 Å². The summed E-state index contributed by atoms with van der Waals surface area (Å²) in [6.45, 7) is 8.36. The molecule has 0 spiro atoms. The summed E-state index contributed by atoms with van der Waals surface area (Å²) < 4.78 is 5.65. The molecular weight excluding hydrogens is 638 g/mol. The number of Topliss-reactive ketones (excluding diaryl/α,β-unsaturated/α-hetero) is 1. The summed E-state index contributed by atoms with van der Waals surface area (Å²) in [7, 11) is 0. The van der Waals surface area contributed by atoms with E-state index < -0.39 is 53.3 Å². The van der Waals surface area contributed by atoms with Gasteiger partial charge >= 0.3 is 12.0 Å². The second-order valence-corrected chi connectivity index (χ2v) is 14.6. The van der Waals surface area contributed by atoms with E-state index in [1.807, 2.05) is 18.2 Å². The number of nitrogens with zero attached hydrogens (tertiary/aromatic N) is 1. The lowest BCUT2D eigenvalue weighted by Crippen LogP contribution is -2.62. The highest BCUT2D eigenvalue weighted by atomic mass is 16.5. The average molecular weight is 700 g/mol. The zero-order valence-corrected chi connectivity index (χ0v) is 30.7. The number of ketones is 1. The lowest BCUT2D eigenvalue weighted by atomic mass is 9.83. The number of carbonyl (C=O) groups is 6. The largest absolute Gasteiger partial charge is 0.459 e. The summed E-state index contributed by atoms with van der Waals surface area (Å²) in [5.74, 6) is -2.50. The lowest BCUT2D eigenvalue weighted by Gasteiger charge is -2.36. The van der Waals surface area contributed by atoms with Gasteiger partial charge < -0.3 is 31.3 Å². The number of ether oxygens (including phenoxy) is 1. The summed E-state index contributed by atoms with van der Waals surface area (Å²) in [5, 5.41) is 8.28. The number of allylic oxidation sites excluding steroid dienone is 2. The number of esters is 1. The van der Waals surface area contributed by atoms with E-state index in [1.54, 1.807) is 0 Å². The first kappa shape index (κ1) is 40.7. The molecule has 4 fully saturated rings. The summed E-state index contributed by atoms with van der Waals surface area (Å²) >= 11 is 0. The van der Waals surface area contributed by atoms with Crippen molar-refractivity contribution in [3.63, 3.8) is 0 Å². The van der Waals surface area contributed by atoms with Crippen molar-refractivity contribution in [1.82, 2.24) is 20.9 Å². The smallest absolute Gasteiger partial charge is 0.332 e. The minimum Gasteiger partial charge on any atom is -0.459 e. The molecule has 0 aromatic heterocycles. The van der Waals surface area contributed by atoms with Crippen molar-refractivity contribution >= 4 is 35.5 Å². The third kappa shape index (κ3) is 12.3. The monoisotopic (exact) mass is 699 g/mol. The molecule has 4 aliphatic carbocycles. The van der Waals surface area contributed by atoms with Crippen LogP contribution in [0.4, 0.5) is 4.79 Å². The maximum absolute atomic E-state index is 14.0. The van der Waals surface area contributed by atoms with E-state index in [0.717, 1.165) is 69.3 Å². The van der Waals surface area contributed by atoms with Crippen molar-refractivity contribution < 1.29 is 33.5 Å². The average Bonchev–Trinajstić information content (AvgIpc) is 3.52. The molecule has 5 aliphatic rings. The first-order valence-corrected chi connectivity index (χ1v) is 19.0. The summed E-state index contributed by atoms with van der Waals surface area (Å²) in [6.07, 6.45) is 19.9. The van der Waals surface area contributed by atoms with Crippen molar-refractivity contribution in [2.45, 2.75) is 154 Å². The molecule has 5 amide bonds. The zero-order valence-electron chi connectivity index (χ0n) is 30.7. The summed E-state index contributed by atoms with van der Waals surface area (Å²) in [6, 6.07) is -3.45. The molecule has 12 heteroatoms. The fraction of sp³-hybridized carbons (Fsp3) is 0.737. The Morgan fingerprint density at radius 1 is 0.920 bits per heavy atom. The molecular formula is C38H61N5O7. The van der Waals surface area contributed by atoms with Crippen LogP contribution in [0.15, 0.2) is 23.8 Å². The van der Waals surface area contributed by atoms with Crippen molar-refractivity contribution in [3.05, 3.63) is 23.8 Å². The molecule has 1 heterocycles. The van der Waals surface area contributed by atoms with Crippen LogP contribution in [0, 0.1) is 11.8 Å². The predicted octanol–water partition coefficient (Wildman–Crippen LogP) is 4.75. The Morgan fingerprint density at radius 3 is 2.12 bits per heavy atom. The predicted molar refractivity (Wildman–Crippen MR) is 192 cm³/mol. The van der Waals surface area contributed by atoms with E-state index in [-0.39, 0.29) is 18.4 Å². The molecule has 0 aromatic rings. The number of amides is 5. The Morgan fingerprint density at radius 2 is 1.56 bits per heavy atom. The summed E-state index contributed by atoms with van der Waals surface area (Å²) in [5.41, 5.74) is 4.83. The van der Waals surface area contributed by atoms with Crippen LogP contribution in [0.5, 0.6) is 0 Å². The second kappa shape index (κ2) is 20.2. The molecule has 0 aromatic carbocycles. The first-order valence-electron chi connectivity index (χ1n) is 19.0. The maximum Gasteiger partial charge on any atom is 0.332 e. The third-order valence-corrected chi connectivity index (χ3v) is 10.0. The van der Waals surface area contributed by atoms with E-state index in [1.165, 1.54) is 31.1 Å². The van der Waals surface area contributed by atoms with Crippen LogP contribution in [-0.4, -0.2) is 77.2 Å². The number of carbonyl (C=O) groups excluding carboxylic acids is 6. The Balaban J connectivity index is 0.000000871. The maximum atomic E-state index is 14.0. The van der Waals surface area contributed by atoms with Crippen molar-refractivity contribution in [2.24, 2.45) is 17.6 Å². The molecule has 1 aliphatic heterocycles. The fourth-order valence-corrected chi connectivity index (χ4v) is 6.90. The van der Waals surface area contributed by atoms with Gasteiger partial charge in [-0.1, -0.05) is 90.4 Å². The summed E-state index contributed by atoms with van der Waals surface area (Å²) in [4.78, 5) is 78.5. The normalized spacial score (nSPS) is 22.3. The quantitative estimate of drug-likeness (QED) is 0.178. The lowest BCUT2D eigenvalue weighted by molar-refractivity contribution is -0.150. The van der Waals surface area contributed by atoms with Crippen molar-refractivity contribution in [2.75, 3.05) is 13.2 Å². The fourth-order valence-electron chi connectivity index (χ4n) is 6.90. The Kier molecular flexibility index (Phi) is 16.5. The molecule has 3 unspecified atom stereocenters. The van der Waals surface area contributed by atoms with Crippen molar-refractivity contribution in [1.29, 1.82) is 0 Å². The van der Waals surface area contributed by atoms with Gasteiger partial charge in [0.15, 0.2) is 0 Å². The number of primary amides is 1. The minimum atomic E-state index is -1.16. The molecule has 5 N–H and O–H groups in total. The highest BCUT2D eigenvalue weighted by molar-refractivity contribution is 6.37. The van der Waals surface area contributed by atoms with Crippen LogP contribution in [0.3, 0.4) is 0 Å². The number of nitrogens with two attached hydrogens (primary N) is 1. The molecule has 12 nitrogen and oxygen atoms in total. The Bertz CT molecular complexity index is 1250. The molecule has 1 saturated heterocycles. The molecule has 0 bridgehead atoms. The second-order valence-electron chi connectivity index (χ2n) is 14.6. The van der Waals surface area contributed by atoms with Crippen LogP contribution >= 0.6 is 0 Å². The minimum absolute atomic E-state index is 0.122. The van der Waals surface area contributed by atoms with Gasteiger partial charge in [-0.05, 0) is 75.7 Å². The molecule has 280 valence electrons. The topological polar surface area (TPSA) is 177 Å². The highest BCUT2D eigenvalue weighted by Gasteiger charge is 2.46. The van der Waals surface area contributed by atoms with Gasteiger partial charge in [-0.15, -0.1) is 0 Å². The van der Waals surface area contributed by atoms with E-state index in [4.69, 9.17) is 10.5 Å².